The van der Waals surface area contributed by atoms with Gasteiger partial charge in [0.2, 0.25) is 0 Å². The van der Waals surface area contributed by atoms with E-state index in [4.69, 9.17) is 11.6 Å². The van der Waals surface area contributed by atoms with Crippen LogP contribution < -0.4 is 10.2 Å². The van der Waals surface area contributed by atoms with Gasteiger partial charge in [0.1, 0.15) is 6.04 Å². The van der Waals surface area contributed by atoms with Crippen LogP contribution in [0.25, 0.3) is 0 Å². The molecule has 2 amide bonds. The van der Waals surface area contributed by atoms with Gasteiger partial charge in [-0.05, 0) is 11.6 Å². The number of hydrogen-bond donors (Lipinski definition) is 2. The van der Waals surface area contributed by atoms with E-state index < -0.39 is 18.0 Å². The molecule has 1 atom stereocenters. The maximum Gasteiger partial charge on any atom is 0.327 e. The van der Waals surface area contributed by atoms with Crippen molar-refractivity contribution in [3.63, 3.8) is 0 Å². The van der Waals surface area contributed by atoms with Gasteiger partial charge in [-0.1, -0.05) is 36.4 Å². The molecule has 2 rings (SSSR count). The largest absolute Gasteiger partial charge is 0.480 e. The third kappa shape index (κ3) is 2.71. The Kier molecular flexibility index (Phi) is 3.76. The fourth-order valence-corrected chi connectivity index (χ4v) is 2.16. The predicted molar refractivity (Wildman–Crippen MR) is 72.4 cm³/mol. The van der Waals surface area contributed by atoms with Crippen LogP contribution in [0.5, 0.6) is 0 Å². The number of rotatable bonds is 3. The summed E-state index contributed by atoms with van der Waals surface area (Å²) in [6.45, 7) is 3.57. The molecule has 0 fully saturated rings. The molecular weight excluding hydrogens is 268 g/mol. The molecule has 0 unspecified atom stereocenters. The van der Waals surface area contributed by atoms with E-state index in [1.54, 1.807) is 12.1 Å². The number of aliphatic carboxylic acids is 1. The molecule has 0 spiro atoms. The molecule has 19 heavy (non-hydrogen) atoms. The van der Waals surface area contributed by atoms with E-state index in [-0.39, 0.29) is 11.6 Å². The zero-order valence-electron chi connectivity index (χ0n) is 10.1. The summed E-state index contributed by atoms with van der Waals surface area (Å²) in [6, 6.07) is 5.76. The van der Waals surface area contributed by atoms with E-state index in [2.05, 4.69) is 11.9 Å². The van der Waals surface area contributed by atoms with Crippen molar-refractivity contribution in [2.75, 3.05) is 11.4 Å². The molecule has 6 heteroatoms. The van der Waals surface area contributed by atoms with Crippen molar-refractivity contribution in [1.82, 2.24) is 5.32 Å². The first kappa shape index (κ1) is 13.4. The Bertz CT molecular complexity index is 544. The first-order valence-corrected chi connectivity index (χ1v) is 6.09. The van der Waals surface area contributed by atoms with Gasteiger partial charge in [0.25, 0.3) is 0 Å². The number of nitrogens with one attached hydrogen (secondary N) is 1. The highest BCUT2D eigenvalue weighted by molar-refractivity contribution is 6.29. The Morgan fingerprint density at radius 1 is 1.47 bits per heavy atom. The number of carboxylic acids is 1. The number of carboxylic acid groups (broad SMARTS) is 1. The minimum absolute atomic E-state index is 0.103. The van der Waals surface area contributed by atoms with Gasteiger partial charge in [0.15, 0.2) is 0 Å². The highest BCUT2D eigenvalue weighted by Gasteiger charge is 2.38. The summed E-state index contributed by atoms with van der Waals surface area (Å²) in [7, 11) is 0. The summed E-state index contributed by atoms with van der Waals surface area (Å²) in [5, 5.41) is 12.0. The highest BCUT2D eigenvalue weighted by atomic mass is 35.5. The van der Waals surface area contributed by atoms with Crippen molar-refractivity contribution >= 4 is 29.3 Å². The number of para-hydroxylation sites is 1. The van der Waals surface area contributed by atoms with E-state index in [0.717, 1.165) is 5.56 Å². The predicted octanol–water partition coefficient (Wildman–Crippen LogP) is 1.96. The summed E-state index contributed by atoms with van der Waals surface area (Å²) in [6.07, 6.45) is 0.306. The summed E-state index contributed by atoms with van der Waals surface area (Å²) >= 11 is 5.58. The van der Waals surface area contributed by atoms with Gasteiger partial charge in [-0.25, -0.2) is 9.59 Å². The third-order valence-corrected chi connectivity index (χ3v) is 3.05. The van der Waals surface area contributed by atoms with E-state index in [0.29, 0.717) is 12.1 Å². The first-order valence-electron chi connectivity index (χ1n) is 5.71. The van der Waals surface area contributed by atoms with Crippen molar-refractivity contribution < 1.29 is 14.7 Å². The zero-order valence-corrected chi connectivity index (χ0v) is 10.9. The molecule has 1 aliphatic rings. The average Bonchev–Trinajstić information content (AvgIpc) is 2.75. The minimum Gasteiger partial charge on any atom is -0.480 e. The van der Waals surface area contributed by atoms with Gasteiger partial charge in [0, 0.05) is 17.1 Å². The van der Waals surface area contributed by atoms with Crippen LogP contribution in [0.2, 0.25) is 0 Å². The normalized spacial score (nSPS) is 16.9. The van der Waals surface area contributed by atoms with Crippen LogP contribution in [0.1, 0.15) is 5.56 Å². The Labute approximate surface area is 115 Å². The van der Waals surface area contributed by atoms with Crippen LogP contribution in [0.3, 0.4) is 0 Å². The molecule has 0 radical (unpaired) electrons. The van der Waals surface area contributed by atoms with Gasteiger partial charge in [-0.3, -0.25) is 4.90 Å². The van der Waals surface area contributed by atoms with Crippen LogP contribution in [-0.4, -0.2) is 29.7 Å². The number of carbonyl (C=O) groups is 2. The summed E-state index contributed by atoms with van der Waals surface area (Å²) in [5.74, 6) is -1.03. The molecular formula is C13H13ClN2O3. The second-order valence-electron chi connectivity index (χ2n) is 4.23. The first-order chi connectivity index (χ1) is 9.00. The number of amides is 2. The van der Waals surface area contributed by atoms with Gasteiger partial charge < -0.3 is 10.4 Å². The SMILES string of the molecule is C=C(Cl)CNC(=O)N1c2ccccc2C[C@H]1C(=O)O. The van der Waals surface area contributed by atoms with Crippen molar-refractivity contribution in [2.24, 2.45) is 0 Å². The zero-order chi connectivity index (χ0) is 14.0. The molecule has 1 aromatic carbocycles. The Hall–Kier alpha value is -2.01. The Morgan fingerprint density at radius 2 is 2.16 bits per heavy atom. The smallest absolute Gasteiger partial charge is 0.327 e. The van der Waals surface area contributed by atoms with E-state index in [1.807, 2.05) is 12.1 Å². The van der Waals surface area contributed by atoms with Crippen molar-refractivity contribution in [3.8, 4) is 0 Å². The van der Waals surface area contributed by atoms with Crippen LogP contribution >= 0.6 is 11.6 Å². The molecule has 0 bridgehead atoms. The lowest BCUT2D eigenvalue weighted by Gasteiger charge is -2.22. The highest BCUT2D eigenvalue weighted by Crippen LogP contribution is 2.32. The number of urea groups is 1. The maximum absolute atomic E-state index is 12.1. The summed E-state index contributed by atoms with van der Waals surface area (Å²) in [5.41, 5.74) is 1.46. The third-order valence-electron chi connectivity index (χ3n) is 2.91. The molecule has 5 nitrogen and oxygen atoms in total. The van der Waals surface area contributed by atoms with Crippen molar-refractivity contribution in [1.29, 1.82) is 0 Å². The van der Waals surface area contributed by atoms with Crippen LogP contribution in [0.4, 0.5) is 10.5 Å². The lowest BCUT2D eigenvalue weighted by Crippen LogP contribution is -2.48. The van der Waals surface area contributed by atoms with Crippen LogP contribution in [0, 0.1) is 0 Å². The van der Waals surface area contributed by atoms with Crippen LogP contribution in [-0.2, 0) is 11.2 Å². The molecule has 0 saturated carbocycles. The number of hydrogen-bond acceptors (Lipinski definition) is 2. The molecule has 0 aliphatic carbocycles. The number of anilines is 1. The number of nitrogens with zero attached hydrogens (tertiary/aromatic N) is 1. The molecule has 0 saturated heterocycles. The fourth-order valence-electron chi connectivity index (χ4n) is 2.09. The van der Waals surface area contributed by atoms with Gasteiger partial charge in [-0.2, -0.15) is 0 Å². The number of halogens is 1. The molecule has 1 heterocycles. The Morgan fingerprint density at radius 3 is 2.79 bits per heavy atom. The minimum atomic E-state index is -1.03. The van der Waals surface area contributed by atoms with Crippen molar-refractivity contribution in [3.05, 3.63) is 41.4 Å². The monoisotopic (exact) mass is 280 g/mol. The molecule has 0 aromatic heterocycles. The molecule has 1 aromatic rings. The molecule has 2 N–H and O–H groups in total. The standard InChI is InChI=1S/C13H13ClN2O3/c1-8(14)7-15-13(19)16-10-5-3-2-4-9(10)6-11(16)12(17)18/h2-5,11H,1,6-7H2,(H,15,19)(H,17,18)/t11-/m0/s1. The van der Waals surface area contributed by atoms with Crippen molar-refractivity contribution in [2.45, 2.75) is 12.5 Å². The van der Waals surface area contributed by atoms with E-state index in [9.17, 15) is 14.7 Å². The quantitative estimate of drug-likeness (QED) is 0.889. The number of carbonyl (C=O) groups excluding carboxylic acids is 1. The van der Waals surface area contributed by atoms with E-state index in [1.165, 1.54) is 4.90 Å². The Balaban J connectivity index is 2.26. The molecule has 1 aliphatic heterocycles. The topological polar surface area (TPSA) is 69.6 Å². The second kappa shape index (κ2) is 5.32. The summed E-state index contributed by atoms with van der Waals surface area (Å²) in [4.78, 5) is 24.6. The summed E-state index contributed by atoms with van der Waals surface area (Å²) < 4.78 is 0. The lowest BCUT2D eigenvalue weighted by molar-refractivity contribution is -0.138. The molecule has 100 valence electrons. The van der Waals surface area contributed by atoms with Gasteiger partial charge in [-0.15, -0.1) is 0 Å². The fraction of sp³-hybridized carbons (Fsp3) is 0.231. The number of benzene rings is 1. The number of fused-ring (bicyclic) bond motifs is 1. The van der Waals surface area contributed by atoms with Gasteiger partial charge >= 0.3 is 12.0 Å². The average molecular weight is 281 g/mol. The van der Waals surface area contributed by atoms with E-state index >= 15 is 0 Å². The van der Waals surface area contributed by atoms with Gasteiger partial charge in [0.05, 0.1) is 6.54 Å². The lowest BCUT2D eigenvalue weighted by atomic mass is 10.1. The van der Waals surface area contributed by atoms with Crippen LogP contribution in [0.15, 0.2) is 35.9 Å². The maximum atomic E-state index is 12.1. The second-order valence-corrected chi connectivity index (χ2v) is 4.77.